The van der Waals surface area contributed by atoms with Crippen LogP contribution in [-0.2, 0) is 11.2 Å². The van der Waals surface area contributed by atoms with Gasteiger partial charge in [0.05, 0.1) is 0 Å². The van der Waals surface area contributed by atoms with Crippen molar-refractivity contribution in [1.29, 1.82) is 0 Å². The van der Waals surface area contributed by atoms with Crippen molar-refractivity contribution < 1.29 is 4.55 Å². The molecule has 0 aromatic heterocycles. The lowest BCUT2D eigenvalue weighted by Crippen LogP contribution is -2.24. The predicted octanol–water partition coefficient (Wildman–Crippen LogP) is 3.73. The Labute approximate surface area is 108 Å². The highest BCUT2D eigenvalue weighted by atomic mass is 127. The van der Waals surface area contributed by atoms with Gasteiger partial charge in [-0.1, -0.05) is 6.42 Å². The first-order chi connectivity index (χ1) is 7.27. The SMILES string of the molecule is [O-][S+](c1ccc(I)cc1)C1CCCCC1. The van der Waals surface area contributed by atoms with Crippen LogP contribution in [0.4, 0.5) is 0 Å². The molecule has 1 aliphatic rings. The second kappa shape index (κ2) is 5.55. The molecule has 0 saturated heterocycles. The molecule has 82 valence electrons. The summed E-state index contributed by atoms with van der Waals surface area (Å²) in [5.74, 6) is 0. The van der Waals surface area contributed by atoms with E-state index >= 15 is 0 Å². The molecule has 3 heteroatoms. The van der Waals surface area contributed by atoms with Gasteiger partial charge in [0, 0.05) is 3.57 Å². The summed E-state index contributed by atoms with van der Waals surface area (Å²) in [4.78, 5) is 1.00. The van der Waals surface area contributed by atoms with E-state index in [0.29, 0.717) is 5.25 Å². The van der Waals surface area contributed by atoms with Gasteiger partial charge in [-0.25, -0.2) is 0 Å². The molecule has 0 bridgehead atoms. The maximum atomic E-state index is 12.2. The van der Waals surface area contributed by atoms with Crippen LogP contribution in [0.1, 0.15) is 32.1 Å². The van der Waals surface area contributed by atoms with Crippen molar-refractivity contribution in [2.24, 2.45) is 0 Å². The zero-order valence-electron chi connectivity index (χ0n) is 8.62. The van der Waals surface area contributed by atoms with Crippen LogP contribution in [0.5, 0.6) is 0 Å². The first-order valence-electron chi connectivity index (χ1n) is 5.43. The van der Waals surface area contributed by atoms with Gasteiger partial charge in [-0.2, -0.15) is 0 Å². The Morgan fingerprint density at radius 2 is 1.67 bits per heavy atom. The highest BCUT2D eigenvalue weighted by molar-refractivity contribution is 14.1. The summed E-state index contributed by atoms with van der Waals surface area (Å²) in [6, 6.07) is 8.09. The molecule has 1 nitrogen and oxygen atoms in total. The van der Waals surface area contributed by atoms with Gasteiger partial charge in [0.1, 0.15) is 5.25 Å². The average molecular weight is 334 g/mol. The van der Waals surface area contributed by atoms with Crippen molar-refractivity contribution in [2.75, 3.05) is 0 Å². The van der Waals surface area contributed by atoms with Crippen molar-refractivity contribution in [1.82, 2.24) is 0 Å². The van der Waals surface area contributed by atoms with Crippen molar-refractivity contribution in [3.8, 4) is 0 Å². The van der Waals surface area contributed by atoms with E-state index < -0.39 is 11.2 Å². The van der Waals surface area contributed by atoms with Crippen LogP contribution in [0.15, 0.2) is 29.2 Å². The van der Waals surface area contributed by atoms with Gasteiger partial charge in [-0.05, 0) is 83.7 Å². The van der Waals surface area contributed by atoms with E-state index in [-0.39, 0.29) is 0 Å². The Bertz CT molecular complexity index is 306. The minimum atomic E-state index is -0.781. The average Bonchev–Trinajstić information content (AvgIpc) is 2.30. The van der Waals surface area contributed by atoms with Gasteiger partial charge < -0.3 is 4.55 Å². The van der Waals surface area contributed by atoms with E-state index in [1.807, 2.05) is 24.3 Å². The molecule has 1 fully saturated rings. The Morgan fingerprint density at radius 1 is 1.07 bits per heavy atom. The first kappa shape index (κ1) is 11.7. The second-order valence-electron chi connectivity index (χ2n) is 4.01. The van der Waals surface area contributed by atoms with Gasteiger partial charge in [0.2, 0.25) is 0 Å². The van der Waals surface area contributed by atoms with Gasteiger partial charge in [0.25, 0.3) is 0 Å². The van der Waals surface area contributed by atoms with E-state index in [1.165, 1.54) is 22.8 Å². The molecule has 1 saturated carbocycles. The molecule has 15 heavy (non-hydrogen) atoms. The third-order valence-electron chi connectivity index (χ3n) is 2.90. The van der Waals surface area contributed by atoms with Crippen LogP contribution in [0.3, 0.4) is 0 Å². The number of hydrogen-bond donors (Lipinski definition) is 0. The zero-order chi connectivity index (χ0) is 10.7. The van der Waals surface area contributed by atoms with Crippen molar-refractivity contribution >= 4 is 33.8 Å². The Balaban J connectivity index is 2.05. The van der Waals surface area contributed by atoms with Gasteiger partial charge in [-0.3, -0.25) is 0 Å². The zero-order valence-corrected chi connectivity index (χ0v) is 11.6. The minimum Gasteiger partial charge on any atom is -0.611 e. The van der Waals surface area contributed by atoms with Crippen LogP contribution in [0.2, 0.25) is 0 Å². The van der Waals surface area contributed by atoms with Crippen molar-refractivity contribution in [2.45, 2.75) is 42.2 Å². The second-order valence-corrected chi connectivity index (χ2v) is 6.99. The number of benzene rings is 1. The molecule has 0 radical (unpaired) electrons. The van der Waals surface area contributed by atoms with E-state index in [0.717, 1.165) is 17.7 Å². The number of halogens is 1. The van der Waals surface area contributed by atoms with Crippen LogP contribution < -0.4 is 0 Å². The number of rotatable bonds is 2. The Kier molecular flexibility index (Phi) is 4.34. The molecule has 0 amide bonds. The summed E-state index contributed by atoms with van der Waals surface area (Å²) in [6.45, 7) is 0. The van der Waals surface area contributed by atoms with Gasteiger partial charge in [-0.15, -0.1) is 0 Å². The standard InChI is InChI=1S/C12H15IOS/c13-10-6-8-12(9-7-10)15(14)11-4-2-1-3-5-11/h6-9,11H,1-5H2. The summed E-state index contributed by atoms with van der Waals surface area (Å²) >= 11 is 1.49. The van der Waals surface area contributed by atoms with Crippen molar-refractivity contribution in [3.05, 3.63) is 27.8 Å². The fourth-order valence-corrected chi connectivity index (χ4v) is 3.95. The van der Waals surface area contributed by atoms with Crippen LogP contribution in [0.25, 0.3) is 0 Å². The van der Waals surface area contributed by atoms with E-state index in [4.69, 9.17) is 0 Å². The fourth-order valence-electron chi connectivity index (χ4n) is 2.04. The summed E-state index contributed by atoms with van der Waals surface area (Å²) in [6.07, 6.45) is 6.10. The molecule has 0 spiro atoms. The number of hydrogen-bond acceptors (Lipinski definition) is 1. The molecular formula is C12H15IOS. The van der Waals surface area contributed by atoms with Crippen LogP contribution in [0, 0.1) is 3.57 Å². The van der Waals surface area contributed by atoms with Gasteiger partial charge >= 0.3 is 0 Å². The normalized spacial score (nSPS) is 20.1. The Hall–Kier alpha value is 0.260. The lowest BCUT2D eigenvalue weighted by Gasteiger charge is -2.24. The topological polar surface area (TPSA) is 23.1 Å². The molecule has 2 rings (SSSR count). The highest BCUT2D eigenvalue weighted by Gasteiger charge is 2.26. The molecule has 1 aliphatic carbocycles. The molecule has 1 atom stereocenters. The Morgan fingerprint density at radius 3 is 2.27 bits per heavy atom. The lowest BCUT2D eigenvalue weighted by atomic mass is 10.0. The molecule has 0 N–H and O–H groups in total. The quantitative estimate of drug-likeness (QED) is 0.597. The third-order valence-corrected chi connectivity index (χ3v) is 5.43. The summed E-state index contributed by atoms with van der Waals surface area (Å²) < 4.78 is 13.4. The smallest absolute Gasteiger partial charge is 0.153 e. The van der Waals surface area contributed by atoms with Crippen LogP contribution >= 0.6 is 22.6 Å². The third kappa shape index (κ3) is 3.11. The highest BCUT2D eigenvalue weighted by Crippen LogP contribution is 2.28. The molecule has 0 aliphatic heterocycles. The van der Waals surface area contributed by atoms with E-state index in [1.54, 1.807) is 0 Å². The monoisotopic (exact) mass is 334 g/mol. The molecule has 1 unspecified atom stereocenters. The summed E-state index contributed by atoms with van der Waals surface area (Å²) in [5, 5.41) is 0.402. The summed E-state index contributed by atoms with van der Waals surface area (Å²) in [7, 11) is 0. The maximum Gasteiger partial charge on any atom is 0.153 e. The van der Waals surface area contributed by atoms with E-state index in [2.05, 4.69) is 22.6 Å². The van der Waals surface area contributed by atoms with Crippen molar-refractivity contribution in [3.63, 3.8) is 0 Å². The first-order valence-corrected chi connectivity index (χ1v) is 7.73. The minimum absolute atomic E-state index is 0.402. The fraction of sp³-hybridized carbons (Fsp3) is 0.500. The molecule has 0 heterocycles. The molecule has 1 aromatic rings. The van der Waals surface area contributed by atoms with Crippen LogP contribution in [-0.4, -0.2) is 9.80 Å². The maximum absolute atomic E-state index is 12.2. The largest absolute Gasteiger partial charge is 0.611 e. The summed E-state index contributed by atoms with van der Waals surface area (Å²) in [5.41, 5.74) is 0. The van der Waals surface area contributed by atoms with Gasteiger partial charge in [0.15, 0.2) is 4.90 Å². The predicted molar refractivity (Wildman–Crippen MR) is 72.4 cm³/mol. The lowest BCUT2D eigenvalue weighted by molar-refractivity contribution is 0.483. The molecular weight excluding hydrogens is 319 g/mol. The van der Waals surface area contributed by atoms with E-state index in [9.17, 15) is 4.55 Å². The molecule has 1 aromatic carbocycles.